The van der Waals surface area contributed by atoms with E-state index >= 15 is 0 Å². The first kappa shape index (κ1) is 15.0. The molecule has 1 amide bonds. The maximum absolute atomic E-state index is 11.8. The molecule has 0 aliphatic carbocycles. The van der Waals surface area contributed by atoms with E-state index in [1.54, 1.807) is 7.11 Å². The summed E-state index contributed by atoms with van der Waals surface area (Å²) in [6.45, 7) is 1.67. The fraction of sp³-hybridized carbons (Fsp3) is 0.533. The summed E-state index contributed by atoms with van der Waals surface area (Å²) in [5, 5.41) is 2.94. The molecule has 0 radical (unpaired) electrons. The standard InChI is InChI=1S/C15H21NO4/c1-18-14-10-19-8-7-13(14)16-15(17)11-20-9-12-5-3-2-4-6-12/h2-6,13-14H,7-11H2,1H3,(H,16,17)/t13-,14-/m1/s1. The van der Waals surface area contributed by atoms with Crippen molar-refractivity contribution >= 4 is 5.91 Å². The molecule has 20 heavy (non-hydrogen) atoms. The van der Waals surface area contributed by atoms with Gasteiger partial charge in [0.1, 0.15) is 12.7 Å². The molecule has 110 valence electrons. The highest BCUT2D eigenvalue weighted by Gasteiger charge is 2.26. The Morgan fingerprint density at radius 3 is 2.95 bits per heavy atom. The first-order valence-electron chi connectivity index (χ1n) is 6.81. The molecule has 1 aliphatic heterocycles. The molecule has 5 nitrogen and oxygen atoms in total. The van der Waals surface area contributed by atoms with Crippen molar-refractivity contribution < 1.29 is 19.0 Å². The molecular formula is C15H21NO4. The third-order valence-electron chi connectivity index (χ3n) is 3.30. The Bertz CT molecular complexity index is 410. The van der Waals surface area contributed by atoms with Crippen LogP contribution < -0.4 is 5.32 Å². The van der Waals surface area contributed by atoms with Gasteiger partial charge < -0.3 is 19.5 Å². The lowest BCUT2D eigenvalue weighted by Gasteiger charge is -2.30. The molecule has 1 fully saturated rings. The van der Waals surface area contributed by atoms with Crippen molar-refractivity contribution in [2.75, 3.05) is 26.9 Å². The largest absolute Gasteiger partial charge is 0.379 e. The highest BCUT2D eigenvalue weighted by Crippen LogP contribution is 2.10. The third-order valence-corrected chi connectivity index (χ3v) is 3.30. The first-order valence-corrected chi connectivity index (χ1v) is 6.81. The maximum Gasteiger partial charge on any atom is 0.246 e. The first-order chi connectivity index (χ1) is 9.79. The number of rotatable bonds is 6. The van der Waals surface area contributed by atoms with Crippen LogP contribution in [0.1, 0.15) is 12.0 Å². The number of methoxy groups -OCH3 is 1. The van der Waals surface area contributed by atoms with Gasteiger partial charge in [0, 0.05) is 13.7 Å². The number of carbonyl (C=O) groups excluding carboxylic acids is 1. The molecule has 1 saturated heterocycles. The quantitative estimate of drug-likeness (QED) is 0.848. The van der Waals surface area contributed by atoms with E-state index in [1.165, 1.54) is 0 Å². The van der Waals surface area contributed by atoms with Crippen LogP contribution in [-0.4, -0.2) is 45.0 Å². The predicted octanol–water partition coefficient (Wildman–Crippen LogP) is 1.12. The van der Waals surface area contributed by atoms with Gasteiger partial charge >= 0.3 is 0 Å². The van der Waals surface area contributed by atoms with E-state index in [9.17, 15) is 4.79 Å². The summed E-state index contributed by atoms with van der Waals surface area (Å²) in [5.41, 5.74) is 1.06. The van der Waals surface area contributed by atoms with Crippen LogP contribution in [0.4, 0.5) is 0 Å². The Kier molecular flexibility index (Phi) is 5.98. The van der Waals surface area contributed by atoms with Gasteiger partial charge in [0.2, 0.25) is 5.91 Å². The lowest BCUT2D eigenvalue weighted by atomic mass is 10.1. The number of benzene rings is 1. The average Bonchev–Trinajstić information content (AvgIpc) is 2.49. The van der Waals surface area contributed by atoms with Crippen molar-refractivity contribution in [2.45, 2.75) is 25.2 Å². The zero-order valence-electron chi connectivity index (χ0n) is 11.7. The van der Waals surface area contributed by atoms with Crippen LogP contribution in [0.2, 0.25) is 0 Å². The zero-order chi connectivity index (χ0) is 14.2. The molecular weight excluding hydrogens is 258 g/mol. The van der Waals surface area contributed by atoms with Crippen LogP contribution in [0.3, 0.4) is 0 Å². The van der Waals surface area contributed by atoms with E-state index < -0.39 is 0 Å². The fourth-order valence-corrected chi connectivity index (χ4v) is 2.19. The van der Waals surface area contributed by atoms with E-state index in [0.717, 1.165) is 12.0 Å². The van der Waals surface area contributed by atoms with Gasteiger partial charge in [0.15, 0.2) is 0 Å². The van der Waals surface area contributed by atoms with Gasteiger partial charge in [-0.05, 0) is 12.0 Å². The summed E-state index contributed by atoms with van der Waals surface area (Å²) < 4.78 is 16.0. The second kappa shape index (κ2) is 7.99. The van der Waals surface area contributed by atoms with E-state index in [0.29, 0.717) is 19.8 Å². The number of carbonyl (C=O) groups is 1. The van der Waals surface area contributed by atoms with Crippen molar-refractivity contribution in [3.8, 4) is 0 Å². The smallest absolute Gasteiger partial charge is 0.246 e. The Morgan fingerprint density at radius 1 is 1.40 bits per heavy atom. The number of nitrogens with one attached hydrogen (secondary N) is 1. The lowest BCUT2D eigenvalue weighted by Crippen LogP contribution is -2.50. The predicted molar refractivity (Wildman–Crippen MR) is 74.3 cm³/mol. The van der Waals surface area contributed by atoms with Crippen LogP contribution in [0.15, 0.2) is 30.3 Å². The molecule has 1 aromatic carbocycles. The van der Waals surface area contributed by atoms with Crippen LogP contribution in [0, 0.1) is 0 Å². The van der Waals surface area contributed by atoms with Crippen molar-refractivity contribution in [3.63, 3.8) is 0 Å². The SMILES string of the molecule is CO[C@@H]1COCC[C@H]1NC(=O)COCc1ccccc1. The van der Waals surface area contributed by atoms with Crippen molar-refractivity contribution in [2.24, 2.45) is 0 Å². The summed E-state index contributed by atoms with van der Waals surface area (Å²) in [4.78, 5) is 11.8. The minimum atomic E-state index is -0.116. The van der Waals surface area contributed by atoms with E-state index in [1.807, 2.05) is 30.3 Å². The molecule has 0 saturated carbocycles. The highest BCUT2D eigenvalue weighted by atomic mass is 16.5. The van der Waals surface area contributed by atoms with Crippen molar-refractivity contribution in [1.82, 2.24) is 5.32 Å². The van der Waals surface area contributed by atoms with E-state index in [-0.39, 0.29) is 24.7 Å². The van der Waals surface area contributed by atoms with Gasteiger partial charge in [0.05, 0.1) is 19.3 Å². The maximum atomic E-state index is 11.8. The molecule has 0 bridgehead atoms. The normalized spacial score (nSPS) is 22.4. The third kappa shape index (κ3) is 4.59. The van der Waals surface area contributed by atoms with Crippen molar-refractivity contribution in [1.29, 1.82) is 0 Å². The van der Waals surface area contributed by atoms with Gasteiger partial charge in [-0.1, -0.05) is 30.3 Å². The van der Waals surface area contributed by atoms with E-state index in [2.05, 4.69) is 5.32 Å². The molecule has 2 rings (SSSR count). The molecule has 1 aromatic rings. The number of hydrogen-bond acceptors (Lipinski definition) is 4. The van der Waals surface area contributed by atoms with Gasteiger partial charge in [-0.2, -0.15) is 0 Å². The minimum absolute atomic E-state index is 0.00146. The summed E-state index contributed by atoms with van der Waals surface area (Å²) in [5.74, 6) is -0.116. The second-order valence-electron chi connectivity index (χ2n) is 4.79. The second-order valence-corrected chi connectivity index (χ2v) is 4.79. The molecule has 2 atom stereocenters. The monoisotopic (exact) mass is 279 g/mol. The van der Waals surface area contributed by atoms with Gasteiger partial charge in [-0.15, -0.1) is 0 Å². The van der Waals surface area contributed by atoms with Crippen LogP contribution in [0.5, 0.6) is 0 Å². The van der Waals surface area contributed by atoms with Gasteiger partial charge in [-0.3, -0.25) is 4.79 Å². The molecule has 0 unspecified atom stereocenters. The summed E-state index contributed by atoms with van der Waals surface area (Å²) in [6, 6.07) is 9.79. The number of ether oxygens (including phenoxy) is 3. The summed E-state index contributed by atoms with van der Waals surface area (Å²) in [7, 11) is 1.63. The summed E-state index contributed by atoms with van der Waals surface area (Å²) in [6.07, 6.45) is 0.685. The fourth-order valence-electron chi connectivity index (χ4n) is 2.19. The van der Waals surface area contributed by atoms with Crippen LogP contribution >= 0.6 is 0 Å². The van der Waals surface area contributed by atoms with E-state index in [4.69, 9.17) is 14.2 Å². The molecule has 0 aromatic heterocycles. The number of amides is 1. The number of hydrogen-bond donors (Lipinski definition) is 1. The molecule has 0 spiro atoms. The molecule has 1 N–H and O–H groups in total. The van der Waals surface area contributed by atoms with Gasteiger partial charge in [0.25, 0.3) is 0 Å². The van der Waals surface area contributed by atoms with Crippen molar-refractivity contribution in [3.05, 3.63) is 35.9 Å². The Balaban J connectivity index is 1.69. The minimum Gasteiger partial charge on any atom is -0.379 e. The molecule has 5 heteroatoms. The Hall–Kier alpha value is -1.43. The lowest BCUT2D eigenvalue weighted by molar-refractivity contribution is -0.130. The summed E-state index contributed by atoms with van der Waals surface area (Å²) >= 11 is 0. The van der Waals surface area contributed by atoms with Crippen LogP contribution in [-0.2, 0) is 25.6 Å². The molecule has 1 aliphatic rings. The van der Waals surface area contributed by atoms with Crippen LogP contribution in [0.25, 0.3) is 0 Å². The highest BCUT2D eigenvalue weighted by molar-refractivity contribution is 5.77. The topological polar surface area (TPSA) is 56.8 Å². The van der Waals surface area contributed by atoms with Gasteiger partial charge in [-0.25, -0.2) is 0 Å². The zero-order valence-corrected chi connectivity index (χ0v) is 11.7. The Morgan fingerprint density at radius 2 is 2.20 bits per heavy atom. The average molecular weight is 279 g/mol. The molecule has 1 heterocycles. The Labute approximate surface area is 119 Å².